The lowest BCUT2D eigenvalue weighted by atomic mass is 9.39. The van der Waals surface area contributed by atoms with E-state index in [1.807, 2.05) is 48.7 Å². The number of imidazole rings is 1. The summed E-state index contributed by atoms with van der Waals surface area (Å²) in [7, 11) is 0. The van der Waals surface area contributed by atoms with Crippen LogP contribution in [-0.2, 0) is 6.42 Å². The summed E-state index contributed by atoms with van der Waals surface area (Å²) in [5, 5.41) is -0.558. The smallest absolute Gasteiger partial charge is 0.213 e. The average molecular weight is 529 g/mol. The normalized spacial score (nSPS) is 12.7. The maximum absolute atomic E-state index is 13.1. The average Bonchev–Trinajstić information content (AvgIpc) is 3.39. The van der Waals surface area contributed by atoms with Crippen molar-refractivity contribution in [3.8, 4) is 0 Å². The van der Waals surface area contributed by atoms with Gasteiger partial charge in [-0.1, -0.05) is 116 Å². The molecule has 5 heteroatoms. The summed E-state index contributed by atoms with van der Waals surface area (Å²) in [4.78, 5) is 7.86. The van der Waals surface area contributed by atoms with Crippen molar-refractivity contribution in [2.45, 2.75) is 64.8 Å². The van der Waals surface area contributed by atoms with E-state index < -0.39 is 11.5 Å². The number of nitrogens with zero attached hydrogens (tertiary/aromatic N) is 1. The van der Waals surface area contributed by atoms with Crippen molar-refractivity contribution in [1.29, 1.82) is 0 Å². The van der Waals surface area contributed by atoms with Gasteiger partial charge in [0, 0.05) is 18.3 Å². The number of rotatable bonds is 9. The number of allylic oxidation sites excluding steroid dienone is 2. The molecule has 38 heavy (non-hydrogen) atoms. The Hall–Kier alpha value is -3.11. The van der Waals surface area contributed by atoms with E-state index in [4.69, 9.17) is 11.6 Å². The zero-order chi connectivity index (χ0) is 27.5. The van der Waals surface area contributed by atoms with E-state index in [0.29, 0.717) is 5.92 Å². The van der Waals surface area contributed by atoms with Crippen molar-refractivity contribution in [2.75, 3.05) is 0 Å². The number of alkyl halides is 2. The van der Waals surface area contributed by atoms with Crippen molar-refractivity contribution in [1.82, 2.24) is 9.97 Å². The lowest BCUT2D eigenvalue weighted by molar-refractivity contribution is 0.369. The Bertz CT molecular complexity index is 1210. The number of aryl methyl sites for hydroxylation is 2. The van der Waals surface area contributed by atoms with Crippen molar-refractivity contribution in [2.24, 2.45) is 0 Å². The lowest BCUT2D eigenvalue weighted by Gasteiger charge is -2.13. The number of aromatic nitrogens is 2. The highest BCUT2D eigenvalue weighted by molar-refractivity contribution is 6.85. The first-order valence-corrected chi connectivity index (χ1v) is 13.8. The standard InChI is InChI=1S/C18H19BClF.C15H20N2/c1-15(21)18(20)13-8-14-19(16-9-4-2-5-10-16)17-11-6-3-7-12-17;1-10(2)14-9-16-15(17-14)8-13-11(3)6-5-7-12(13)4/h2-13,15,18H,14H2,1H3;5-7,9-10H,8H2,1-4H3,(H,16,17). The molecular weight excluding hydrogens is 490 g/mol. The molecule has 4 aromatic rings. The van der Waals surface area contributed by atoms with Crippen LogP contribution in [0, 0.1) is 13.8 Å². The van der Waals surface area contributed by atoms with Crippen LogP contribution in [0.25, 0.3) is 0 Å². The van der Waals surface area contributed by atoms with Crippen LogP contribution in [0.3, 0.4) is 0 Å². The monoisotopic (exact) mass is 528 g/mol. The van der Waals surface area contributed by atoms with Crippen LogP contribution in [0.1, 0.15) is 54.9 Å². The number of hydrogen-bond donors (Lipinski definition) is 1. The fourth-order valence-corrected chi connectivity index (χ4v) is 4.49. The highest BCUT2D eigenvalue weighted by Gasteiger charge is 2.17. The van der Waals surface area contributed by atoms with E-state index >= 15 is 0 Å². The molecule has 1 aromatic heterocycles. The van der Waals surface area contributed by atoms with Crippen LogP contribution in [0.4, 0.5) is 4.39 Å². The summed E-state index contributed by atoms with van der Waals surface area (Å²) < 4.78 is 13.1. The maximum atomic E-state index is 13.1. The Morgan fingerprint density at radius 3 is 1.89 bits per heavy atom. The highest BCUT2D eigenvalue weighted by atomic mass is 35.5. The van der Waals surface area contributed by atoms with Gasteiger partial charge in [0.15, 0.2) is 0 Å². The van der Waals surface area contributed by atoms with Crippen molar-refractivity contribution < 1.29 is 4.39 Å². The maximum Gasteiger partial charge on any atom is 0.213 e. The Morgan fingerprint density at radius 2 is 1.42 bits per heavy atom. The van der Waals surface area contributed by atoms with Crippen molar-refractivity contribution in [3.05, 3.63) is 125 Å². The SMILES string of the molecule is CC(F)C(Cl)C=CCB(c1ccccc1)c1ccccc1.Cc1cccc(C)c1Cc1ncc(C(C)C)[nH]1. The Morgan fingerprint density at radius 1 is 0.868 bits per heavy atom. The van der Waals surface area contributed by atoms with Crippen LogP contribution >= 0.6 is 11.6 Å². The number of hydrogen-bond acceptors (Lipinski definition) is 1. The molecule has 2 nitrogen and oxygen atoms in total. The molecule has 1 heterocycles. The molecule has 0 saturated heterocycles. The summed E-state index contributed by atoms with van der Waals surface area (Å²) in [6.07, 6.45) is 6.36. The number of benzene rings is 3. The number of H-pyrrole nitrogens is 1. The van der Waals surface area contributed by atoms with Gasteiger partial charge in [-0.2, -0.15) is 0 Å². The van der Waals surface area contributed by atoms with Gasteiger partial charge in [-0.25, -0.2) is 9.37 Å². The second-order valence-corrected chi connectivity index (χ2v) is 10.7. The summed E-state index contributed by atoms with van der Waals surface area (Å²) in [5.41, 5.74) is 7.80. The predicted octanol–water partition coefficient (Wildman–Crippen LogP) is 7.56. The van der Waals surface area contributed by atoms with Gasteiger partial charge in [-0.3, -0.25) is 0 Å². The van der Waals surface area contributed by atoms with Gasteiger partial charge in [-0.15, -0.1) is 11.6 Å². The molecule has 1 N–H and O–H groups in total. The van der Waals surface area contributed by atoms with E-state index in [1.54, 1.807) is 6.08 Å². The minimum atomic E-state index is -1.03. The Labute approximate surface area is 233 Å². The molecule has 0 fully saturated rings. The van der Waals surface area contributed by atoms with Gasteiger partial charge in [0.05, 0.1) is 5.38 Å². The van der Waals surface area contributed by atoms with Crippen LogP contribution < -0.4 is 10.9 Å². The third kappa shape index (κ3) is 8.73. The van der Waals surface area contributed by atoms with Gasteiger partial charge in [-0.05, 0) is 49.7 Å². The van der Waals surface area contributed by atoms with E-state index in [1.165, 1.54) is 40.2 Å². The van der Waals surface area contributed by atoms with Crippen LogP contribution in [0.15, 0.2) is 97.2 Å². The topological polar surface area (TPSA) is 28.7 Å². The summed E-state index contributed by atoms with van der Waals surface area (Å²) in [6.45, 7) is 10.4. The third-order valence-electron chi connectivity index (χ3n) is 6.79. The highest BCUT2D eigenvalue weighted by Crippen LogP contribution is 2.18. The fourth-order valence-electron chi connectivity index (χ4n) is 4.39. The fraction of sp³-hybridized carbons (Fsp3) is 0.303. The third-order valence-corrected chi connectivity index (χ3v) is 7.29. The molecule has 0 aliphatic rings. The second-order valence-electron chi connectivity index (χ2n) is 10.1. The quantitative estimate of drug-likeness (QED) is 0.135. The summed E-state index contributed by atoms with van der Waals surface area (Å²) in [5.74, 6) is 1.57. The lowest BCUT2D eigenvalue weighted by Crippen LogP contribution is -2.41. The van der Waals surface area contributed by atoms with E-state index in [2.05, 4.69) is 80.1 Å². The number of nitrogens with one attached hydrogen (secondary N) is 1. The van der Waals surface area contributed by atoms with Gasteiger partial charge >= 0.3 is 0 Å². The van der Waals surface area contributed by atoms with Gasteiger partial charge in [0.25, 0.3) is 0 Å². The Balaban J connectivity index is 0.000000215. The Kier molecular flexibility index (Phi) is 11.4. The zero-order valence-electron chi connectivity index (χ0n) is 23.2. The molecule has 0 amide bonds. The van der Waals surface area contributed by atoms with Gasteiger partial charge in [0.2, 0.25) is 6.71 Å². The van der Waals surface area contributed by atoms with Gasteiger partial charge in [0.1, 0.15) is 12.0 Å². The summed E-state index contributed by atoms with van der Waals surface area (Å²) in [6, 6.07) is 27.1. The first-order chi connectivity index (χ1) is 18.3. The first-order valence-electron chi connectivity index (χ1n) is 13.4. The summed E-state index contributed by atoms with van der Waals surface area (Å²) >= 11 is 5.93. The molecule has 3 aromatic carbocycles. The molecule has 0 radical (unpaired) electrons. The van der Waals surface area contributed by atoms with E-state index in [9.17, 15) is 4.39 Å². The minimum Gasteiger partial charge on any atom is -0.345 e. The van der Waals surface area contributed by atoms with Crippen LogP contribution in [0.5, 0.6) is 0 Å². The molecule has 0 aliphatic heterocycles. The van der Waals surface area contributed by atoms with E-state index in [-0.39, 0.29) is 6.71 Å². The van der Waals surface area contributed by atoms with E-state index in [0.717, 1.165) is 18.6 Å². The van der Waals surface area contributed by atoms with Crippen LogP contribution in [-0.4, -0.2) is 28.2 Å². The molecule has 0 aliphatic carbocycles. The molecule has 4 rings (SSSR count). The number of aromatic amines is 1. The van der Waals surface area contributed by atoms with Crippen molar-refractivity contribution in [3.63, 3.8) is 0 Å². The molecule has 198 valence electrons. The second kappa shape index (κ2) is 14.7. The van der Waals surface area contributed by atoms with Gasteiger partial charge < -0.3 is 4.98 Å². The predicted molar refractivity (Wildman–Crippen MR) is 163 cm³/mol. The molecule has 2 unspecified atom stereocenters. The first kappa shape index (κ1) is 29.5. The number of halogens is 2. The molecule has 0 bridgehead atoms. The molecule has 2 atom stereocenters. The van der Waals surface area contributed by atoms with Crippen molar-refractivity contribution >= 4 is 29.2 Å². The van der Waals surface area contributed by atoms with Crippen LogP contribution in [0.2, 0.25) is 6.32 Å². The minimum absolute atomic E-state index is 0.266. The zero-order valence-corrected chi connectivity index (χ0v) is 23.9. The molecule has 0 spiro atoms. The largest absolute Gasteiger partial charge is 0.345 e. The molecular formula is C33H39BClFN2. The molecule has 0 saturated carbocycles.